The van der Waals surface area contributed by atoms with Gasteiger partial charge in [0.2, 0.25) is 15.9 Å². The normalized spacial score (nSPS) is 11.6. The summed E-state index contributed by atoms with van der Waals surface area (Å²) in [6.07, 6.45) is 0. The average molecular weight is 452 g/mol. The van der Waals surface area contributed by atoms with Crippen LogP contribution < -0.4 is 20.1 Å². The number of nitrogens with one attached hydrogen (secondary N) is 3. The molecule has 3 N–H and O–H groups in total. The van der Waals surface area contributed by atoms with Crippen molar-refractivity contribution in [2.75, 3.05) is 25.5 Å². The van der Waals surface area contributed by atoms with Crippen LogP contribution in [0.1, 0.15) is 31.1 Å². The van der Waals surface area contributed by atoms with Gasteiger partial charge in [-0.25, -0.2) is 17.5 Å². The van der Waals surface area contributed by atoms with Crippen molar-refractivity contribution >= 4 is 27.5 Å². The fourth-order valence-corrected chi connectivity index (χ4v) is 3.64. The molecule has 2 aromatic rings. The molecule has 0 radical (unpaired) electrons. The van der Waals surface area contributed by atoms with E-state index in [0.717, 1.165) is 12.1 Å². The molecule has 0 heterocycles. The predicted molar refractivity (Wildman–Crippen MR) is 115 cm³/mol. The van der Waals surface area contributed by atoms with Crippen LogP contribution in [0.25, 0.3) is 0 Å². The number of amides is 2. The summed E-state index contributed by atoms with van der Waals surface area (Å²) in [4.78, 5) is 23.9. The Bertz CT molecular complexity index is 1050. The van der Waals surface area contributed by atoms with Crippen molar-refractivity contribution in [3.05, 3.63) is 53.8 Å². The second-order valence-electron chi connectivity index (χ2n) is 7.73. The van der Waals surface area contributed by atoms with Gasteiger partial charge in [-0.2, -0.15) is 0 Å². The maximum absolute atomic E-state index is 13.4. The number of carbonyl (C=O) groups excluding carboxylic acids is 2. The van der Waals surface area contributed by atoms with Gasteiger partial charge in [-0.3, -0.25) is 9.59 Å². The molecule has 0 bridgehead atoms. The van der Waals surface area contributed by atoms with Crippen molar-refractivity contribution < 1.29 is 27.1 Å². The number of sulfonamides is 1. The van der Waals surface area contributed by atoms with Crippen molar-refractivity contribution in [1.82, 2.24) is 10.0 Å². The van der Waals surface area contributed by atoms with Gasteiger partial charge in [0.25, 0.3) is 5.91 Å². The van der Waals surface area contributed by atoms with Gasteiger partial charge in [0.15, 0.2) is 0 Å². The maximum Gasteiger partial charge on any atom is 0.251 e. The number of hydrogen-bond acceptors (Lipinski definition) is 5. The van der Waals surface area contributed by atoms with E-state index in [2.05, 4.69) is 15.4 Å². The number of ether oxygens (including phenoxy) is 1. The second-order valence-corrected chi connectivity index (χ2v) is 9.47. The van der Waals surface area contributed by atoms with E-state index in [1.54, 1.807) is 45.0 Å². The molecule has 2 rings (SSSR count). The van der Waals surface area contributed by atoms with Crippen LogP contribution >= 0.6 is 0 Å². The Balaban J connectivity index is 1.89. The summed E-state index contributed by atoms with van der Waals surface area (Å²) >= 11 is 0. The quantitative estimate of drug-likeness (QED) is 0.534. The first-order chi connectivity index (χ1) is 14.4. The van der Waals surface area contributed by atoms with E-state index >= 15 is 0 Å². The Morgan fingerprint density at radius 1 is 1.03 bits per heavy atom. The van der Waals surface area contributed by atoms with Crippen LogP contribution in [0.15, 0.2) is 47.4 Å². The number of hydrogen-bond donors (Lipinski definition) is 3. The molecule has 10 heteroatoms. The highest BCUT2D eigenvalue weighted by atomic mass is 32.2. The van der Waals surface area contributed by atoms with Crippen LogP contribution in [0.3, 0.4) is 0 Å². The van der Waals surface area contributed by atoms with Crippen LogP contribution in [0.5, 0.6) is 5.75 Å². The molecule has 31 heavy (non-hydrogen) atoms. The van der Waals surface area contributed by atoms with E-state index in [0.29, 0.717) is 11.3 Å². The molecule has 2 amide bonds. The number of carbonyl (C=O) groups is 2. The molecule has 0 saturated heterocycles. The molecule has 168 valence electrons. The molecule has 0 saturated carbocycles. The smallest absolute Gasteiger partial charge is 0.251 e. The van der Waals surface area contributed by atoms with E-state index in [1.807, 2.05) is 0 Å². The molecule has 0 aliphatic heterocycles. The summed E-state index contributed by atoms with van der Waals surface area (Å²) in [7, 11) is -2.74. The first-order valence-corrected chi connectivity index (χ1v) is 11.0. The minimum Gasteiger partial charge on any atom is -0.495 e. The van der Waals surface area contributed by atoms with Crippen molar-refractivity contribution in [2.24, 2.45) is 5.41 Å². The van der Waals surface area contributed by atoms with Gasteiger partial charge in [0.1, 0.15) is 16.5 Å². The average Bonchev–Trinajstić information content (AvgIpc) is 2.71. The minimum absolute atomic E-state index is 0.0107. The third-order valence-electron chi connectivity index (χ3n) is 4.20. The van der Waals surface area contributed by atoms with Gasteiger partial charge in [0, 0.05) is 29.8 Å². The Kier molecular flexibility index (Phi) is 7.75. The lowest BCUT2D eigenvalue weighted by Gasteiger charge is -2.17. The molecule has 0 unspecified atom stereocenters. The van der Waals surface area contributed by atoms with Crippen molar-refractivity contribution in [3.8, 4) is 5.75 Å². The Hall–Kier alpha value is -2.98. The molecule has 0 aliphatic rings. The zero-order valence-corrected chi connectivity index (χ0v) is 18.6. The first kappa shape index (κ1) is 24.3. The summed E-state index contributed by atoms with van der Waals surface area (Å²) in [5.41, 5.74) is 0.371. The van der Waals surface area contributed by atoms with Crippen LogP contribution in [-0.2, 0) is 14.8 Å². The third kappa shape index (κ3) is 6.76. The van der Waals surface area contributed by atoms with Gasteiger partial charge >= 0.3 is 0 Å². The summed E-state index contributed by atoms with van der Waals surface area (Å²) in [5.74, 6) is -1.25. The SMILES string of the molecule is COc1ccc(F)cc1S(=O)(=O)NCCNC(=O)c1ccc(NC(=O)C(C)(C)C)cc1. The lowest BCUT2D eigenvalue weighted by molar-refractivity contribution is -0.123. The molecule has 0 fully saturated rings. The summed E-state index contributed by atoms with van der Waals surface area (Å²) in [5, 5.41) is 5.35. The van der Waals surface area contributed by atoms with Gasteiger partial charge in [0.05, 0.1) is 7.11 Å². The largest absolute Gasteiger partial charge is 0.495 e. The van der Waals surface area contributed by atoms with Crippen LogP contribution in [0.2, 0.25) is 0 Å². The van der Waals surface area contributed by atoms with E-state index in [4.69, 9.17) is 4.74 Å². The minimum atomic E-state index is -4.02. The molecular formula is C21H26FN3O5S. The zero-order chi connectivity index (χ0) is 23.2. The Morgan fingerprint density at radius 2 is 1.68 bits per heavy atom. The van der Waals surface area contributed by atoms with Gasteiger partial charge in [-0.05, 0) is 42.5 Å². The number of halogens is 1. The van der Waals surface area contributed by atoms with E-state index in [9.17, 15) is 22.4 Å². The number of anilines is 1. The fraction of sp³-hybridized carbons (Fsp3) is 0.333. The molecule has 2 aromatic carbocycles. The van der Waals surface area contributed by atoms with E-state index < -0.39 is 27.2 Å². The molecule has 0 spiro atoms. The topological polar surface area (TPSA) is 114 Å². The molecule has 0 atom stereocenters. The van der Waals surface area contributed by atoms with E-state index in [-0.39, 0.29) is 29.6 Å². The highest BCUT2D eigenvalue weighted by Crippen LogP contribution is 2.24. The van der Waals surface area contributed by atoms with Crippen LogP contribution in [-0.4, -0.2) is 40.4 Å². The molecule has 0 aliphatic carbocycles. The zero-order valence-electron chi connectivity index (χ0n) is 17.8. The fourth-order valence-electron chi connectivity index (χ4n) is 2.43. The van der Waals surface area contributed by atoms with E-state index in [1.165, 1.54) is 13.2 Å². The van der Waals surface area contributed by atoms with Gasteiger partial charge < -0.3 is 15.4 Å². The first-order valence-electron chi connectivity index (χ1n) is 9.47. The van der Waals surface area contributed by atoms with Gasteiger partial charge in [-0.1, -0.05) is 20.8 Å². The number of methoxy groups -OCH3 is 1. The Morgan fingerprint density at radius 3 is 2.26 bits per heavy atom. The van der Waals surface area contributed by atoms with Crippen molar-refractivity contribution in [1.29, 1.82) is 0 Å². The third-order valence-corrected chi connectivity index (χ3v) is 5.69. The monoisotopic (exact) mass is 451 g/mol. The number of benzene rings is 2. The second kappa shape index (κ2) is 9.88. The lowest BCUT2D eigenvalue weighted by Crippen LogP contribution is -2.34. The molecule has 8 nitrogen and oxygen atoms in total. The number of rotatable bonds is 8. The lowest BCUT2D eigenvalue weighted by atomic mass is 9.95. The Labute approximate surface area is 181 Å². The van der Waals surface area contributed by atoms with Gasteiger partial charge in [-0.15, -0.1) is 0 Å². The maximum atomic E-state index is 13.4. The highest BCUT2D eigenvalue weighted by molar-refractivity contribution is 7.89. The van der Waals surface area contributed by atoms with Crippen molar-refractivity contribution in [3.63, 3.8) is 0 Å². The van der Waals surface area contributed by atoms with Crippen molar-refractivity contribution in [2.45, 2.75) is 25.7 Å². The van der Waals surface area contributed by atoms with Crippen LogP contribution in [0, 0.1) is 11.2 Å². The standard InChI is InChI=1S/C21H26FN3O5S/c1-21(2,3)20(27)25-16-8-5-14(6-9-16)19(26)23-11-12-24-31(28,29)18-13-15(22)7-10-17(18)30-4/h5-10,13,24H,11-12H2,1-4H3,(H,23,26)(H,25,27). The predicted octanol–water partition coefficient (Wildman–Crippen LogP) is 2.53. The summed E-state index contributed by atoms with van der Waals surface area (Å²) in [6.45, 7) is 5.29. The highest BCUT2D eigenvalue weighted by Gasteiger charge is 2.21. The molecular weight excluding hydrogens is 425 g/mol. The molecule has 0 aromatic heterocycles. The summed E-state index contributed by atoms with van der Waals surface area (Å²) in [6, 6.07) is 9.50. The van der Waals surface area contributed by atoms with Crippen LogP contribution in [0.4, 0.5) is 10.1 Å². The summed E-state index contributed by atoms with van der Waals surface area (Å²) < 4.78 is 45.4.